The van der Waals surface area contributed by atoms with Crippen LogP contribution in [0.5, 0.6) is 5.75 Å². The van der Waals surface area contributed by atoms with Crippen molar-refractivity contribution >= 4 is 22.8 Å². The van der Waals surface area contributed by atoms with Crippen molar-refractivity contribution in [3.8, 4) is 5.75 Å². The summed E-state index contributed by atoms with van der Waals surface area (Å²) < 4.78 is 7.65. The summed E-state index contributed by atoms with van der Waals surface area (Å²) in [6.07, 6.45) is 8.37. The number of piperidine rings is 1. The molecule has 3 aromatic heterocycles. The maximum atomic E-state index is 9.49. The highest BCUT2D eigenvalue weighted by molar-refractivity contribution is 5.86. The molecule has 0 aliphatic carbocycles. The van der Waals surface area contributed by atoms with Gasteiger partial charge < -0.3 is 25.8 Å². The lowest BCUT2D eigenvalue weighted by molar-refractivity contribution is 0.170. The van der Waals surface area contributed by atoms with Gasteiger partial charge in [0, 0.05) is 48.1 Å². The summed E-state index contributed by atoms with van der Waals surface area (Å²) in [4.78, 5) is 16.2. The van der Waals surface area contributed by atoms with Gasteiger partial charge in [-0.3, -0.25) is 9.67 Å². The van der Waals surface area contributed by atoms with Crippen LogP contribution in [0.1, 0.15) is 70.1 Å². The molecule has 10 heteroatoms. The molecule has 1 aliphatic rings. The van der Waals surface area contributed by atoms with E-state index in [1.54, 1.807) is 13.3 Å². The molecule has 1 unspecified atom stereocenters. The summed E-state index contributed by atoms with van der Waals surface area (Å²) >= 11 is 0. The van der Waals surface area contributed by atoms with E-state index in [1.165, 1.54) is 0 Å². The molecular weight excluding hydrogens is 456 g/mol. The number of pyridine rings is 1. The average Bonchev–Trinajstić information content (AvgIpc) is 3.27. The third-order valence-corrected chi connectivity index (χ3v) is 7.14. The van der Waals surface area contributed by atoms with E-state index in [-0.39, 0.29) is 18.6 Å². The van der Waals surface area contributed by atoms with Crippen molar-refractivity contribution in [1.29, 1.82) is 0 Å². The molecular formula is C26H40N8O2. The monoisotopic (exact) mass is 496 g/mol. The van der Waals surface area contributed by atoms with Gasteiger partial charge in [-0.25, -0.2) is 4.98 Å². The summed E-state index contributed by atoms with van der Waals surface area (Å²) in [5, 5.41) is 17.5. The van der Waals surface area contributed by atoms with E-state index in [0.29, 0.717) is 36.3 Å². The number of likely N-dealkylation sites (tertiary alicyclic amines) is 1. The van der Waals surface area contributed by atoms with Crippen LogP contribution in [0.4, 0.5) is 11.8 Å². The number of rotatable bonds is 11. The van der Waals surface area contributed by atoms with Crippen molar-refractivity contribution in [2.24, 2.45) is 0 Å². The van der Waals surface area contributed by atoms with E-state index in [2.05, 4.69) is 52.1 Å². The molecule has 10 nitrogen and oxygen atoms in total. The van der Waals surface area contributed by atoms with Crippen LogP contribution in [-0.4, -0.2) is 73.6 Å². The number of methoxy groups -OCH3 is 1. The van der Waals surface area contributed by atoms with E-state index in [0.717, 1.165) is 61.3 Å². The highest BCUT2D eigenvalue weighted by Crippen LogP contribution is 2.32. The van der Waals surface area contributed by atoms with Crippen LogP contribution >= 0.6 is 0 Å². The molecule has 4 rings (SSSR count). The molecule has 0 aromatic carbocycles. The normalized spacial score (nSPS) is 16.1. The maximum absolute atomic E-state index is 9.49. The molecule has 36 heavy (non-hydrogen) atoms. The first-order valence-corrected chi connectivity index (χ1v) is 13.1. The average molecular weight is 497 g/mol. The minimum Gasteiger partial charge on any atom is -0.496 e. The van der Waals surface area contributed by atoms with Gasteiger partial charge in [-0.1, -0.05) is 13.3 Å². The summed E-state index contributed by atoms with van der Waals surface area (Å²) in [6.45, 7) is 9.40. The first kappa shape index (κ1) is 26.1. The van der Waals surface area contributed by atoms with E-state index in [1.807, 2.05) is 10.9 Å². The molecule has 0 spiro atoms. The number of hydrogen-bond acceptors (Lipinski definition) is 9. The largest absolute Gasteiger partial charge is 0.496 e. The number of hydrogen-bond donors (Lipinski definition) is 3. The fourth-order valence-electron chi connectivity index (χ4n) is 5.11. The zero-order valence-electron chi connectivity index (χ0n) is 21.9. The first-order chi connectivity index (χ1) is 17.4. The molecule has 4 N–H and O–H groups in total. The molecule has 0 bridgehead atoms. The number of aliphatic hydroxyl groups excluding tert-OH is 1. The van der Waals surface area contributed by atoms with E-state index in [9.17, 15) is 5.11 Å². The molecule has 0 amide bonds. The maximum Gasteiger partial charge on any atom is 0.222 e. The predicted octanol–water partition coefficient (Wildman–Crippen LogP) is 3.41. The molecule has 1 aliphatic heterocycles. The Bertz CT molecular complexity index is 1130. The van der Waals surface area contributed by atoms with Crippen LogP contribution in [-0.2, 0) is 6.54 Å². The van der Waals surface area contributed by atoms with Gasteiger partial charge in [-0.05, 0) is 52.6 Å². The van der Waals surface area contributed by atoms with Crippen LogP contribution in [0.2, 0.25) is 0 Å². The SMILES string of the molecule is CCCC(CCO)Nc1nc(N)nc2cnn(Cc3cnc(C4CCN(C(C)C)CC4)cc3OC)c12. The number of nitrogens with zero attached hydrogens (tertiary/aromatic N) is 6. The second kappa shape index (κ2) is 11.8. The van der Waals surface area contributed by atoms with Crippen molar-refractivity contribution in [1.82, 2.24) is 29.6 Å². The molecule has 0 saturated carbocycles. The van der Waals surface area contributed by atoms with Crippen molar-refractivity contribution in [3.05, 3.63) is 29.7 Å². The molecule has 3 aromatic rings. The van der Waals surface area contributed by atoms with Crippen LogP contribution in [0.25, 0.3) is 11.0 Å². The fraction of sp³-hybridized carbons (Fsp3) is 0.615. The third kappa shape index (κ3) is 5.87. The van der Waals surface area contributed by atoms with Crippen molar-refractivity contribution in [2.45, 2.75) is 77.4 Å². The molecule has 196 valence electrons. The topological polar surface area (TPSA) is 127 Å². The van der Waals surface area contributed by atoms with Gasteiger partial charge in [0.1, 0.15) is 16.8 Å². The Morgan fingerprint density at radius 3 is 2.64 bits per heavy atom. The van der Waals surface area contributed by atoms with Crippen LogP contribution in [0.15, 0.2) is 18.5 Å². The van der Waals surface area contributed by atoms with Gasteiger partial charge in [-0.15, -0.1) is 0 Å². The summed E-state index contributed by atoms with van der Waals surface area (Å²) in [6, 6.07) is 2.75. The first-order valence-electron chi connectivity index (χ1n) is 13.1. The summed E-state index contributed by atoms with van der Waals surface area (Å²) in [7, 11) is 1.70. The predicted molar refractivity (Wildman–Crippen MR) is 142 cm³/mol. The van der Waals surface area contributed by atoms with Crippen molar-refractivity contribution in [2.75, 3.05) is 37.9 Å². The van der Waals surface area contributed by atoms with Gasteiger partial charge in [-0.2, -0.15) is 10.1 Å². The lowest BCUT2D eigenvalue weighted by Gasteiger charge is -2.34. The number of nitrogens with one attached hydrogen (secondary N) is 1. The Balaban J connectivity index is 1.59. The number of anilines is 2. The number of nitrogen functional groups attached to an aromatic ring is 1. The van der Waals surface area contributed by atoms with Gasteiger partial charge >= 0.3 is 0 Å². The quantitative estimate of drug-likeness (QED) is 0.366. The third-order valence-electron chi connectivity index (χ3n) is 7.14. The van der Waals surface area contributed by atoms with Gasteiger partial charge in [0.05, 0.1) is 19.9 Å². The van der Waals surface area contributed by atoms with E-state index >= 15 is 0 Å². The Morgan fingerprint density at radius 1 is 1.19 bits per heavy atom. The molecule has 1 atom stereocenters. The zero-order valence-corrected chi connectivity index (χ0v) is 21.9. The van der Waals surface area contributed by atoms with Gasteiger partial charge in [0.15, 0.2) is 5.82 Å². The Hall–Kier alpha value is -2.98. The van der Waals surface area contributed by atoms with Gasteiger partial charge in [0.2, 0.25) is 5.95 Å². The fourth-order valence-corrected chi connectivity index (χ4v) is 5.11. The van der Waals surface area contributed by atoms with E-state index < -0.39 is 0 Å². The smallest absolute Gasteiger partial charge is 0.222 e. The number of ether oxygens (including phenoxy) is 1. The minimum atomic E-state index is 0.0819. The highest BCUT2D eigenvalue weighted by Gasteiger charge is 2.24. The van der Waals surface area contributed by atoms with Crippen molar-refractivity contribution < 1.29 is 9.84 Å². The highest BCUT2D eigenvalue weighted by atomic mass is 16.5. The second-order valence-electron chi connectivity index (χ2n) is 9.93. The second-order valence-corrected chi connectivity index (χ2v) is 9.93. The summed E-state index contributed by atoms with van der Waals surface area (Å²) in [5.41, 5.74) is 9.46. The lowest BCUT2D eigenvalue weighted by Crippen LogP contribution is -2.38. The minimum absolute atomic E-state index is 0.0819. The number of aromatic nitrogens is 5. The molecule has 1 saturated heterocycles. The Morgan fingerprint density at radius 2 is 1.97 bits per heavy atom. The van der Waals surface area contributed by atoms with Crippen LogP contribution < -0.4 is 15.8 Å². The number of fused-ring (bicyclic) bond motifs is 1. The number of aliphatic hydroxyl groups is 1. The summed E-state index contributed by atoms with van der Waals surface area (Å²) in [5.74, 6) is 2.07. The lowest BCUT2D eigenvalue weighted by atomic mass is 9.92. The van der Waals surface area contributed by atoms with Crippen LogP contribution in [0, 0.1) is 0 Å². The van der Waals surface area contributed by atoms with Crippen molar-refractivity contribution in [3.63, 3.8) is 0 Å². The zero-order chi connectivity index (χ0) is 25.7. The van der Waals surface area contributed by atoms with E-state index in [4.69, 9.17) is 15.5 Å². The Labute approximate surface area is 213 Å². The van der Waals surface area contributed by atoms with Gasteiger partial charge in [0.25, 0.3) is 0 Å². The standard InChI is InChI=1S/C26H40N8O2/c1-5-6-20(9-12-35)30-25-24-22(31-26(27)32-25)15-29-34(24)16-19-14-28-21(13-23(19)36-4)18-7-10-33(11-8-18)17(2)3/h13-15,17-18,20,35H,5-12,16H2,1-4H3,(H3,27,30,31,32). The number of nitrogens with two attached hydrogens (primary N) is 1. The molecule has 0 radical (unpaired) electrons. The Kier molecular flexibility index (Phi) is 8.58. The molecule has 4 heterocycles. The van der Waals surface area contributed by atoms with Crippen LogP contribution in [0.3, 0.4) is 0 Å². The molecule has 1 fully saturated rings.